The highest BCUT2D eigenvalue weighted by atomic mass is 16.5. The highest BCUT2D eigenvalue weighted by Gasteiger charge is 2.32. The van der Waals surface area contributed by atoms with Crippen molar-refractivity contribution in [1.82, 2.24) is 26.3 Å². The molecule has 1 aromatic heterocycles. The van der Waals surface area contributed by atoms with Crippen LogP contribution in [0.15, 0.2) is 54.9 Å². The van der Waals surface area contributed by atoms with Crippen LogP contribution in [-0.4, -0.2) is 65.4 Å². The lowest BCUT2D eigenvalue weighted by atomic mass is 9.95. The molecule has 2 aromatic rings. The van der Waals surface area contributed by atoms with Crippen LogP contribution < -0.4 is 31.7 Å². The molecule has 0 saturated carbocycles. The number of amides is 4. The van der Waals surface area contributed by atoms with E-state index in [0.717, 1.165) is 12.0 Å². The summed E-state index contributed by atoms with van der Waals surface area (Å²) < 4.78 is 5.85. The number of ether oxygens (including phenoxy) is 1. The van der Waals surface area contributed by atoms with Crippen molar-refractivity contribution < 1.29 is 23.9 Å². The van der Waals surface area contributed by atoms with E-state index in [4.69, 9.17) is 10.5 Å². The molecule has 49 heavy (non-hydrogen) atoms. The van der Waals surface area contributed by atoms with E-state index in [1.165, 1.54) is 0 Å². The normalized spacial score (nSPS) is 15.1. The molecule has 0 fully saturated rings. The minimum atomic E-state index is -0.886. The van der Waals surface area contributed by atoms with E-state index < -0.39 is 36.0 Å². The first-order chi connectivity index (χ1) is 23.2. The smallest absolute Gasteiger partial charge is 0.243 e. The van der Waals surface area contributed by atoms with Crippen LogP contribution in [0.25, 0.3) is 0 Å². The van der Waals surface area contributed by atoms with Gasteiger partial charge in [-0.15, -0.1) is 0 Å². The molecule has 11 nitrogen and oxygen atoms in total. The zero-order chi connectivity index (χ0) is 36.5. The topological polar surface area (TPSA) is 165 Å². The number of carbonyl (C=O) groups is 4. The molecule has 6 atom stereocenters. The second-order valence-corrected chi connectivity index (χ2v) is 14.3. The average Bonchev–Trinajstić information content (AvgIpc) is 3.04. The van der Waals surface area contributed by atoms with Gasteiger partial charge in [0.15, 0.2) is 0 Å². The maximum absolute atomic E-state index is 13.9. The molecule has 1 aromatic carbocycles. The van der Waals surface area contributed by atoms with E-state index in [0.29, 0.717) is 25.0 Å². The fourth-order valence-corrected chi connectivity index (χ4v) is 5.30. The van der Waals surface area contributed by atoms with Gasteiger partial charge >= 0.3 is 0 Å². The number of nitrogens with zero attached hydrogens (tertiary/aromatic N) is 1. The predicted molar refractivity (Wildman–Crippen MR) is 193 cm³/mol. The molecule has 1 unspecified atom stereocenters. The molecule has 0 bridgehead atoms. The summed E-state index contributed by atoms with van der Waals surface area (Å²) in [6, 6.07) is 9.93. The van der Waals surface area contributed by atoms with E-state index >= 15 is 0 Å². The Hall–Kier alpha value is -3.99. The van der Waals surface area contributed by atoms with E-state index in [9.17, 15) is 19.2 Å². The van der Waals surface area contributed by atoms with Crippen molar-refractivity contribution in [3.63, 3.8) is 0 Å². The Morgan fingerprint density at radius 1 is 0.776 bits per heavy atom. The summed E-state index contributed by atoms with van der Waals surface area (Å²) in [6.45, 7) is 15.9. The summed E-state index contributed by atoms with van der Waals surface area (Å²) in [7, 11) is 0. The van der Waals surface area contributed by atoms with Gasteiger partial charge in [-0.2, -0.15) is 0 Å². The molecule has 6 N–H and O–H groups in total. The number of hydrogen-bond acceptors (Lipinski definition) is 7. The number of nitrogens with two attached hydrogens (primary N) is 1. The van der Waals surface area contributed by atoms with Gasteiger partial charge in [-0.05, 0) is 54.2 Å². The van der Waals surface area contributed by atoms with Crippen molar-refractivity contribution in [2.45, 2.75) is 118 Å². The lowest BCUT2D eigenvalue weighted by molar-refractivity contribution is -0.133. The highest BCUT2D eigenvalue weighted by molar-refractivity contribution is 5.92. The van der Waals surface area contributed by atoms with Gasteiger partial charge in [0.05, 0.1) is 12.2 Å². The summed E-state index contributed by atoms with van der Waals surface area (Å²) >= 11 is 0. The van der Waals surface area contributed by atoms with Gasteiger partial charge in [-0.25, -0.2) is 0 Å². The van der Waals surface area contributed by atoms with Crippen LogP contribution in [0.2, 0.25) is 0 Å². The first kappa shape index (κ1) is 41.2. The third kappa shape index (κ3) is 15.4. The molecule has 0 saturated heterocycles. The van der Waals surface area contributed by atoms with Crippen LogP contribution >= 0.6 is 0 Å². The van der Waals surface area contributed by atoms with E-state index in [1.807, 2.05) is 85.7 Å². The lowest BCUT2D eigenvalue weighted by Crippen LogP contribution is -2.59. The fourth-order valence-electron chi connectivity index (χ4n) is 5.30. The van der Waals surface area contributed by atoms with E-state index in [2.05, 4.69) is 26.3 Å². The molecular formula is C38H60N6O5. The van der Waals surface area contributed by atoms with Gasteiger partial charge in [-0.1, -0.05) is 92.1 Å². The Labute approximate surface area is 293 Å². The van der Waals surface area contributed by atoms with E-state index in [1.54, 1.807) is 24.5 Å². The Morgan fingerprint density at radius 3 is 2.02 bits per heavy atom. The van der Waals surface area contributed by atoms with Gasteiger partial charge in [-0.3, -0.25) is 24.2 Å². The van der Waals surface area contributed by atoms with Crippen LogP contribution in [-0.2, 0) is 25.6 Å². The number of benzene rings is 1. The maximum atomic E-state index is 13.9. The minimum Gasteiger partial charge on any atom is -0.490 e. The van der Waals surface area contributed by atoms with Gasteiger partial charge in [0.1, 0.15) is 24.4 Å². The molecule has 4 amide bonds. The molecule has 11 heteroatoms. The molecule has 0 aliphatic carbocycles. The number of carbonyl (C=O) groups excluding carboxylic acids is 4. The summed E-state index contributed by atoms with van der Waals surface area (Å²) in [5, 5.41) is 11.9. The first-order valence-electron chi connectivity index (χ1n) is 17.7. The van der Waals surface area contributed by atoms with Gasteiger partial charge in [0.25, 0.3) is 0 Å². The van der Waals surface area contributed by atoms with Crippen molar-refractivity contribution in [2.75, 3.05) is 6.61 Å². The largest absolute Gasteiger partial charge is 0.490 e. The van der Waals surface area contributed by atoms with Crippen molar-refractivity contribution >= 4 is 23.6 Å². The van der Waals surface area contributed by atoms with Crippen molar-refractivity contribution in [2.24, 2.45) is 29.4 Å². The fraction of sp³-hybridized carbons (Fsp3) is 0.605. The second kappa shape index (κ2) is 21.2. The number of aromatic nitrogens is 1. The zero-order valence-corrected chi connectivity index (χ0v) is 30.7. The van der Waals surface area contributed by atoms with Gasteiger partial charge in [0.2, 0.25) is 23.6 Å². The van der Waals surface area contributed by atoms with Gasteiger partial charge < -0.3 is 31.7 Å². The van der Waals surface area contributed by atoms with E-state index in [-0.39, 0.29) is 54.6 Å². The van der Waals surface area contributed by atoms with Crippen molar-refractivity contribution in [1.29, 1.82) is 0 Å². The monoisotopic (exact) mass is 680 g/mol. The first-order valence-corrected chi connectivity index (χ1v) is 17.7. The standard InChI is InChI=1S/C38H60N6O5/c1-9-27(8)19-34(45)41-32(18-24(2)3)37(47)44-36(26(6)7)38(48)43-31(20-28-14-11-10-12-15-28)30(39)21-35(46)42-33(25(4)5)23-49-29-16-13-17-40-22-29/h10-17,22,24-27,30-33,36H,9,18-21,23,39H2,1-8H3,(H,41,45)(H,42,46)(H,43,48)(H,44,47)/t27?,30-,31-,32-,33+,36-/m0/s1. The molecule has 0 aliphatic rings. The summed E-state index contributed by atoms with van der Waals surface area (Å²) in [6.07, 6.45) is 5.26. The van der Waals surface area contributed by atoms with Crippen LogP contribution in [0.4, 0.5) is 0 Å². The van der Waals surface area contributed by atoms with Crippen LogP contribution in [0.1, 0.15) is 86.6 Å². The SMILES string of the molecule is CCC(C)CC(=O)N[C@@H](CC(C)C)C(=O)N[C@H](C(=O)N[C@@H](Cc1ccccc1)[C@@H](N)CC(=O)N[C@H](COc1cccnc1)C(C)C)C(C)C. The van der Waals surface area contributed by atoms with Crippen LogP contribution in [0.5, 0.6) is 5.75 Å². The highest BCUT2D eigenvalue weighted by Crippen LogP contribution is 2.14. The molecule has 272 valence electrons. The van der Waals surface area contributed by atoms with Crippen molar-refractivity contribution in [3.05, 3.63) is 60.4 Å². The van der Waals surface area contributed by atoms with Gasteiger partial charge in [0, 0.05) is 31.1 Å². The Bertz CT molecular complexity index is 1290. The Kier molecular flexibility index (Phi) is 17.8. The number of pyridine rings is 1. The Balaban J connectivity index is 2.18. The predicted octanol–water partition coefficient (Wildman–Crippen LogP) is 4.15. The molecule has 0 radical (unpaired) electrons. The summed E-state index contributed by atoms with van der Waals surface area (Å²) in [5.74, 6) is -0.475. The number of nitrogens with one attached hydrogen (secondary N) is 4. The average molecular weight is 681 g/mol. The van der Waals surface area contributed by atoms with Crippen LogP contribution in [0.3, 0.4) is 0 Å². The maximum Gasteiger partial charge on any atom is 0.243 e. The molecular weight excluding hydrogens is 620 g/mol. The van der Waals surface area contributed by atoms with Crippen LogP contribution in [0, 0.1) is 23.7 Å². The summed E-state index contributed by atoms with van der Waals surface area (Å²) in [5.41, 5.74) is 7.61. The summed E-state index contributed by atoms with van der Waals surface area (Å²) in [4.78, 5) is 57.5. The Morgan fingerprint density at radius 2 is 1.45 bits per heavy atom. The second-order valence-electron chi connectivity index (χ2n) is 14.3. The molecule has 0 aliphatic heterocycles. The molecule has 2 rings (SSSR count). The number of rotatable bonds is 21. The third-order valence-corrected chi connectivity index (χ3v) is 8.62. The van der Waals surface area contributed by atoms with Crippen molar-refractivity contribution in [3.8, 4) is 5.75 Å². The lowest BCUT2D eigenvalue weighted by Gasteiger charge is -2.30. The molecule has 0 spiro atoms. The third-order valence-electron chi connectivity index (χ3n) is 8.62. The zero-order valence-electron chi connectivity index (χ0n) is 30.7. The quantitative estimate of drug-likeness (QED) is 0.132. The molecule has 1 heterocycles. The number of hydrogen-bond donors (Lipinski definition) is 5. The minimum absolute atomic E-state index is 0.0364.